The van der Waals surface area contributed by atoms with Crippen molar-refractivity contribution in [3.63, 3.8) is 0 Å². The molecule has 0 fully saturated rings. The molecule has 0 spiro atoms. The fraction of sp³-hybridized carbons (Fsp3) is 0. The fourth-order valence-corrected chi connectivity index (χ4v) is 0. The van der Waals surface area contributed by atoms with Crippen molar-refractivity contribution in [2.45, 2.75) is 0 Å². The number of hydrogen-bond donors (Lipinski definition) is 0. The third-order valence-electron chi connectivity index (χ3n) is 0. The Hall–Kier alpha value is -0.0135. The average molecular weight is 113 g/mol. The molecule has 0 aromatic heterocycles. The van der Waals surface area contributed by atoms with Crippen LogP contribution in [-0.4, -0.2) is 0 Å². The molecule has 31 valence electrons. The zero-order valence-corrected chi connectivity index (χ0v) is 3.94. The second-order valence-electron chi connectivity index (χ2n) is 0. The zero-order valence-electron chi connectivity index (χ0n) is 2.90. The summed E-state index contributed by atoms with van der Waals surface area (Å²) in [6, 6.07) is 0. The normalized spacial score (nSPS) is 1.60. The summed E-state index contributed by atoms with van der Waals surface area (Å²) in [5.74, 6) is 0. The summed E-state index contributed by atoms with van der Waals surface area (Å²) in [6.07, 6.45) is 0. The Balaban J connectivity index is -0.0000000133. The number of hydrogen-bond acceptors (Lipinski definition) is 0. The van der Waals surface area contributed by atoms with Gasteiger partial charge in [0.25, 0.3) is 0 Å². The molecule has 0 nitrogen and oxygen atoms in total. The third kappa shape index (κ3) is 86200. The van der Waals surface area contributed by atoms with Crippen molar-refractivity contribution in [1.29, 1.82) is 0 Å². The van der Waals surface area contributed by atoms with Crippen LogP contribution in [0.1, 0.15) is 0 Å². The van der Waals surface area contributed by atoms with Gasteiger partial charge in [0.05, 0.1) is 0 Å². The summed E-state index contributed by atoms with van der Waals surface area (Å²) in [5, 5.41) is 0. The van der Waals surface area contributed by atoms with Crippen molar-refractivity contribution in [3.8, 4) is 0 Å². The first-order valence-electron chi connectivity index (χ1n) is 0.816. The Morgan fingerprint density at radius 3 is 0.800 bits per heavy atom. The summed E-state index contributed by atoms with van der Waals surface area (Å²) < 4.78 is 0. The van der Waals surface area contributed by atoms with E-state index in [1.807, 2.05) is 0 Å². The summed E-state index contributed by atoms with van der Waals surface area (Å²) in [7, 11) is 0. The molecule has 0 saturated carbocycles. The van der Waals surface area contributed by atoms with E-state index in [9.17, 15) is 0 Å². The molecule has 5 heavy (non-hydrogen) atoms. The second kappa shape index (κ2) is 195000. The van der Waals surface area contributed by atoms with Crippen LogP contribution >= 0.6 is 0 Å². The minimum absolute atomic E-state index is 0. The summed E-state index contributed by atoms with van der Waals surface area (Å²) in [6.45, 7) is 14.0. The maximum Gasteiger partial charge on any atom is 2.00 e. The van der Waals surface area contributed by atoms with E-state index in [2.05, 4.69) is 26.3 Å². The monoisotopic (exact) mass is 113 g/mol. The van der Waals surface area contributed by atoms with Crippen molar-refractivity contribution in [2.75, 3.05) is 0 Å². The van der Waals surface area contributed by atoms with E-state index < -0.39 is 0 Å². The Kier molecular flexibility index (Phi) is 783000. The molecule has 0 aromatic rings. The van der Waals surface area contributed by atoms with Crippen LogP contribution in [0.15, 0.2) is 13.2 Å². The van der Waals surface area contributed by atoms with Crippen LogP contribution in [0.2, 0.25) is 0 Å². The molecular weight excluding hydrogens is 107 g/mol. The average Bonchev–Trinajstić information content (AvgIpc) is 1.50. The van der Waals surface area contributed by atoms with Gasteiger partial charge in [0.2, 0.25) is 0 Å². The van der Waals surface area contributed by atoms with E-state index in [0.29, 0.717) is 0 Å². The van der Waals surface area contributed by atoms with Crippen LogP contribution in [-0.2, 0) is 16.8 Å². The second-order valence-corrected chi connectivity index (χ2v) is 0. The van der Waals surface area contributed by atoms with Crippen LogP contribution in [0, 0.1) is 13.2 Å². The van der Waals surface area contributed by atoms with Crippen molar-refractivity contribution < 1.29 is 16.8 Å². The van der Waals surface area contributed by atoms with E-state index in [4.69, 9.17) is 0 Å². The van der Waals surface area contributed by atoms with Crippen molar-refractivity contribution >= 4 is 0 Å². The summed E-state index contributed by atoms with van der Waals surface area (Å²) >= 11 is 0. The summed E-state index contributed by atoms with van der Waals surface area (Å²) in [5.41, 5.74) is 0. The van der Waals surface area contributed by atoms with E-state index in [0.717, 1.165) is 0 Å². The largest absolute Gasteiger partial charge is 2.00 e. The fourth-order valence-electron chi connectivity index (χ4n) is 0. The van der Waals surface area contributed by atoms with Gasteiger partial charge in [-0.2, -0.15) is 0 Å². The molecule has 0 aliphatic heterocycles. The minimum Gasteiger partial charge on any atom is -0.521 e. The zero-order chi connectivity index (χ0) is 4.00. The van der Waals surface area contributed by atoms with E-state index in [1.54, 1.807) is 0 Å². The van der Waals surface area contributed by atoms with Crippen molar-refractivity contribution in [2.24, 2.45) is 0 Å². The van der Waals surface area contributed by atoms with Gasteiger partial charge in [-0.3, -0.25) is 13.2 Å². The quantitative estimate of drug-likeness (QED) is 0.414. The van der Waals surface area contributed by atoms with Gasteiger partial charge in [0.1, 0.15) is 0 Å². The minimum atomic E-state index is 0. The van der Waals surface area contributed by atoms with Gasteiger partial charge in [-0.1, -0.05) is 0 Å². The van der Waals surface area contributed by atoms with Gasteiger partial charge in [0, 0.05) is 0 Å². The molecule has 0 rings (SSSR count). The van der Waals surface area contributed by atoms with Gasteiger partial charge in [0.15, 0.2) is 0 Å². The molecule has 0 aliphatic carbocycles. The van der Waals surface area contributed by atoms with Crippen LogP contribution in [0.5, 0.6) is 0 Å². The van der Waals surface area contributed by atoms with Gasteiger partial charge in [-0.15, -0.1) is 0 Å². The Bertz CT molecular complexity index is 5.61. The molecule has 0 N–H and O–H groups in total. The van der Waals surface area contributed by atoms with E-state index >= 15 is 0 Å². The molecule has 0 unspecified atom stereocenters. The summed E-state index contributed by atoms with van der Waals surface area (Å²) in [4.78, 5) is 0. The van der Waals surface area contributed by atoms with Crippen LogP contribution in [0.4, 0.5) is 0 Å². The van der Waals surface area contributed by atoms with Crippen LogP contribution in [0.25, 0.3) is 0 Å². The van der Waals surface area contributed by atoms with E-state index in [-0.39, 0.29) is 16.8 Å². The first-order valence-corrected chi connectivity index (χ1v) is 0.816. The van der Waals surface area contributed by atoms with Crippen LogP contribution < -0.4 is 0 Å². The molecule has 1 radical (unpaired) electrons. The molecule has 0 saturated heterocycles. The van der Waals surface area contributed by atoms with Crippen molar-refractivity contribution in [3.05, 3.63) is 26.3 Å². The molecule has 0 amide bonds. The molecular formula is C4H6Co. The first-order chi connectivity index (χ1) is 2.00. The van der Waals surface area contributed by atoms with Crippen LogP contribution in [0.3, 0.4) is 0 Å². The molecule has 0 aromatic carbocycles. The molecule has 0 bridgehead atoms. The first kappa shape index (κ1) is 20.1. The van der Waals surface area contributed by atoms with E-state index in [1.165, 1.54) is 0 Å². The Labute approximate surface area is 43.8 Å². The standard InChI is InChI=1S/2C2H3.Co/c2*1-2;/h2*1H,2H2;/q2*-1;+2. The smallest absolute Gasteiger partial charge is 0.521 e. The Morgan fingerprint density at radius 1 is 0.800 bits per heavy atom. The predicted molar refractivity (Wildman–Crippen MR) is 19.9 cm³/mol. The maximum absolute atomic E-state index is 4.25. The predicted octanol–water partition coefficient (Wildman–Crippen LogP) is 1.21. The van der Waals surface area contributed by atoms with Gasteiger partial charge in [-0.25, -0.2) is 0 Å². The van der Waals surface area contributed by atoms with Gasteiger partial charge in [-0.05, 0) is 0 Å². The SMILES string of the molecule is [CH-]=C.[CH-]=C.[Co+2]. The van der Waals surface area contributed by atoms with Crippen molar-refractivity contribution in [1.82, 2.24) is 0 Å². The Morgan fingerprint density at radius 2 is 0.800 bits per heavy atom. The maximum atomic E-state index is 4.25. The molecule has 0 aliphatic rings. The molecule has 0 atom stereocenters. The van der Waals surface area contributed by atoms with Gasteiger partial charge >= 0.3 is 16.8 Å². The third-order valence-corrected chi connectivity index (χ3v) is 0. The number of rotatable bonds is 0. The molecule has 0 heterocycles. The molecule has 1 heteroatoms. The van der Waals surface area contributed by atoms with Gasteiger partial charge < -0.3 is 13.2 Å². The topological polar surface area (TPSA) is 0 Å².